The SMILES string of the molecule is Cc1ccc(NC(=O)CN(C)C(=O)CN(C)[C@@H](C)c2nc3ccccc3s2)cc1. The van der Waals surface area contributed by atoms with Crippen molar-refractivity contribution in [3.05, 3.63) is 59.1 Å². The predicted octanol–water partition coefficient (Wildman–Crippen LogP) is 3.69. The Morgan fingerprint density at radius 2 is 1.76 bits per heavy atom. The molecule has 0 bridgehead atoms. The van der Waals surface area contributed by atoms with Crippen molar-refractivity contribution in [1.82, 2.24) is 14.8 Å². The van der Waals surface area contributed by atoms with E-state index in [-0.39, 0.29) is 30.9 Å². The molecule has 1 heterocycles. The molecule has 0 unspecified atom stereocenters. The number of hydrogen-bond acceptors (Lipinski definition) is 5. The molecular formula is C22H26N4O2S. The molecule has 152 valence electrons. The number of amides is 2. The minimum Gasteiger partial charge on any atom is -0.335 e. The van der Waals surface area contributed by atoms with Crippen LogP contribution in [0, 0.1) is 6.92 Å². The summed E-state index contributed by atoms with van der Waals surface area (Å²) in [6.45, 7) is 4.25. The molecule has 2 amide bonds. The number of anilines is 1. The second-order valence-corrected chi connectivity index (χ2v) is 8.34. The fraction of sp³-hybridized carbons (Fsp3) is 0.318. The van der Waals surface area contributed by atoms with Gasteiger partial charge in [-0.05, 0) is 45.2 Å². The Morgan fingerprint density at radius 1 is 1.07 bits per heavy atom. The van der Waals surface area contributed by atoms with E-state index < -0.39 is 0 Å². The molecular weight excluding hydrogens is 384 g/mol. The number of rotatable bonds is 7. The van der Waals surface area contributed by atoms with E-state index in [4.69, 9.17) is 0 Å². The number of nitrogens with one attached hydrogen (secondary N) is 1. The Labute approximate surface area is 175 Å². The monoisotopic (exact) mass is 410 g/mol. The van der Waals surface area contributed by atoms with Crippen molar-refractivity contribution >= 4 is 39.1 Å². The molecule has 29 heavy (non-hydrogen) atoms. The number of thiazole rings is 1. The van der Waals surface area contributed by atoms with Gasteiger partial charge in [0.1, 0.15) is 5.01 Å². The molecule has 2 aromatic carbocycles. The minimum atomic E-state index is -0.216. The smallest absolute Gasteiger partial charge is 0.243 e. The second kappa shape index (κ2) is 9.15. The zero-order valence-corrected chi connectivity index (χ0v) is 18.0. The van der Waals surface area contributed by atoms with Crippen LogP contribution in [0.2, 0.25) is 0 Å². The van der Waals surface area contributed by atoms with Gasteiger partial charge < -0.3 is 10.2 Å². The Hall–Kier alpha value is -2.77. The molecule has 6 nitrogen and oxygen atoms in total. The fourth-order valence-corrected chi connectivity index (χ4v) is 3.95. The van der Waals surface area contributed by atoms with Crippen LogP contribution in [0.1, 0.15) is 23.5 Å². The van der Waals surface area contributed by atoms with Crippen LogP contribution in [0.5, 0.6) is 0 Å². The zero-order chi connectivity index (χ0) is 21.0. The lowest BCUT2D eigenvalue weighted by Crippen LogP contribution is -2.41. The molecule has 0 saturated carbocycles. The maximum atomic E-state index is 12.6. The van der Waals surface area contributed by atoms with Crippen LogP contribution in [0.15, 0.2) is 48.5 Å². The first-order chi connectivity index (χ1) is 13.8. The van der Waals surface area contributed by atoms with Gasteiger partial charge in [-0.1, -0.05) is 29.8 Å². The summed E-state index contributed by atoms with van der Waals surface area (Å²) in [5.41, 5.74) is 2.83. The highest BCUT2D eigenvalue weighted by molar-refractivity contribution is 7.18. The highest BCUT2D eigenvalue weighted by Crippen LogP contribution is 2.28. The van der Waals surface area contributed by atoms with Crippen molar-refractivity contribution in [1.29, 1.82) is 0 Å². The number of carbonyl (C=O) groups is 2. The molecule has 0 spiro atoms. The van der Waals surface area contributed by atoms with Gasteiger partial charge in [0.25, 0.3) is 0 Å². The fourth-order valence-electron chi connectivity index (χ4n) is 2.87. The molecule has 0 aliphatic heterocycles. The molecule has 0 radical (unpaired) electrons. The van der Waals surface area contributed by atoms with Crippen LogP contribution in [-0.2, 0) is 9.59 Å². The first-order valence-corrected chi connectivity index (χ1v) is 10.3. The average molecular weight is 411 g/mol. The number of carbonyl (C=O) groups excluding carboxylic acids is 2. The van der Waals surface area contributed by atoms with E-state index >= 15 is 0 Å². The van der Waals surface area contributed by atoms with Gasteiger partial charge in [-0.3, -0.25) is 14.5 Å². The van der Waals surface area contributed by atoms with Crippen LogP contribution in [-0.4, -0.2) is 53.8 Å². The molecule has 1 aromatic heterocycles. The molecule has 3 aromatic rings. The van der Waals surface area contributed by atoms with Gasteiger partial charge in [-0.15, -0.1) is 11.3 Å². The maximum absolute atomic E-state index is 12.6. The van der Waals surface area contributed by atoms with Crippen molar-refractivity contribution in [2.45, 2.75) is 19.9 Å². The minimum absolute atomic E-state index is 0.00568. The number of nitrogens with zero attached hydrogens (tertiary/aromatic N) is 3. The zero-order valence-electron chi connectivity index (χ0n) is 17.2. The Kier molecular flexibility index (Phi) is 6.61. The van der Waals surface area contributed by atoms with Gasteiger partial charge in [0.2, 0.25) is 11.8 Å². The maximum Gasteiger partial charge on any atom is 0.243 e. The van der Waals surface area contributed by atoms with Crippen molar-refractivity contribution in [3.8, 4) is 0 Å². The van der Waals surface area contributed by atoms with E-state index in [2.05, 4.69) is 16.4 Å². The van der Waals surface area contributed by atoms with Gasteiger partial charge in [0.15, 0.2) is 0 Å². The second-order valence-electron chi connectivity index (χ2n) is 7.27. The lowest BCUT2D eigenvalue weighted by molar-refractivity contribution is -0.134. The topological polar surface area (TPSA) is 65.5 Å². The highest BCUT2D eigenvalue weighted by atomic mass is 32.1. The predicted molar refractivity (Wildman–Crippen MR) is 118 cm³/mol. The normalized spacial score (nSPS) is 12.2. The standard InChI is InChI=1S/C22H26N4O2S/c1-15-9-11-17(12-10-15)23-20(27)13-26(4)21(28)14-25(3)16(2)22-24-18-7-5-6-8-19(18)29-22/h5-12,16H,13-14H2,1-4H3,(H,23,27)/t16-/m0/s1. The van der Waals surface area contributed by atoms with E-state index in [9.17, 15) is 9.59 Å². The number of likely N-dealkylation sites (N-methyl/N-ethyl adjacent to an activating group) is 2. The number of aryl methyl sites for hydroxylation is 1. The molecule has 1 atom stereocenters. The summed E-state index contributed by atoms with van der Waals surface area (Å²) in [6, 6.07) is 15.6. The van der Waals surface area contributed by atoms with Gasteiger partial charge in [-0.2, -0.15) is 0 Å². The number of hydrogen-bond donors (Lipinski definition) is 1. The van der Waals surface area contributed by atoms with E-state index in [1.807, 2.05) is 68.3 Å². The summed E-state index contributed by atoms with van der Waals surface area (Å²) in [7, 11) is 3.54. The van der Waals surface area contributed by atoms with Crippen LogP contribution < -0.4 is 5.32 Å². The van der Waals surface area contributed by atoms with Gasteiger partial charge in [-0.25, -0.2) is 4.98 Å². The van der Waals surface area contributed by atoms with Crippen molar-refractivity contribution in [2.24, 2.45) is 0 Å². The third kappa shape index (κ3) is 5.40. The van der Waals surface area contributed by atoms with Gasteiger partial charge in [0, 0.05) is 12.7 Å². The van der Waals surface area contributed by atoms with E-state index in [0.29, 0.717) is 0 Å². The lowest BCUT2D eigenvalue weighted by atomic mass is 10.2. The third-order valence-corrected chi connectivity index (χ3v) is 6.06. The Balaban J connectivity index is 1.53. The number of aromatic nitrogens is 1. The van der Waals surface area contributed by atoms with Crippen molar-refractivity contribution < 1.29 is 9.59 Å². The summed E-state index contributed by atoms with van der Waals surface area (Å²) >= 11 is 1.64. The van der Waals surface area contributed by atoms with E-state index in [1.54, 1.807) is 18.4 Å². The van der Waals surface area contributed by atoms with Gasteiger partial charge in [0.05, 0.1) is 29.3 Å². The molecule has 0 fully saturated rings. The summed E-state index contributed by atoms with van der Waals surface area (Å²) in [5.74, 6) is -0.328. The highest BCUT2D eigenvalue weighted by Gasteiger charge is 2.21. The molecule has 0 saturated heterocycles. The van der Waals surface area contributed by atoms with Gasteiger partial charge >= 0.3 is 0 Å². The Morgan fingerprint density at radius 3 is 2.45 bits per heavy atom. The quantitative estimate of drug-likeness (QED) is 0.645. The number of fused-ring (bicyclic) bond motifs is 1. The Bertz CT molecular complexity index is 966. The molecule has 1 N–H and O–H groups in total. The molecule has 3 rings (SSSR count). The first-order valence-electron chi connectivity index (χ1n) is 9.49. The third-order valence-electron chi connectivity index (χ3n) is 4.86. The summed E-state index contributed by atoms with van der Waals surface area (Å²) in [6.07, 6.45) is 0. The summed E-state index contributed by atoms with van der Waals surface area (Å²) in [5, 5.41) is 3.79. The summed E-state index contributed by atoms with van der Waals surface area (Å²) < 4.78 is 1.14. The average Bonchev–Trinajstić information content (AvgIpc) is 3.13. The van der Waals surface area contributed by atoms with Crippen LogP contribution in [0.4, 0.5) is 5.69 Å². The van der Waals surface area contributed by atoms with Crippen LogP contribution >= 0.6 is 11.3 Å². The van der Waals surface area contributed by atoms with Crippen molar-refractivity contribution in [3.63, 3.8) is 0 Å². The van der Waals surface area contributed by atoms with E-state index in [0.717, 1.165) is 26.5 Å². The van der Waals surface area contributed by atoms with Crippen molar-refractivity contribution in [2.75, 3.05) is 32.5 Å². The van der Waals surface area contributed by atoms with E-state index in [1.165, 1.54) is 4.90 Å². The molecule has 0 aliphatic rings. The van der Waals surface area contributed by atoms with Crippen LogP contribution in [0.25, 0.3) is 10.2 Å². The lowest BCUT2D eigenvalue weighted by Gasteiger charge is -2.25. The number of para-hydroxylation sites is 1. The molecule has 7 heteroatoms. The first kappa shape index (κ1) is 21.0. The van der Waals surface area contributed by atoms with Crippen LogP contribution in [0.3, 0.4) is 0 Å². The number of benzene rings is 2. The summed E-state index contributed by atoms with van der Waals surface area (Å²) in [4.78, 5) is 32.9. The molecule has 0 aliphatic carbocycles. The largest absolute Gasteiger partial charge is 0.335 e.